The molecule has 0 unspecified atom stereocenters. The summed E-state index contributed by atoms with van der Waals surface area (Å²) >= 11 is 18.9. The van der Waals surface area contributed by atoms with Gasteiger partial charge in [-0.3, -0.25) is 0 Å². The molecule has 674 valence electrons. The Hall–Kier alpha value is -13.7. The number of methoxy groups -OCH3 is 6. The number of benzene rings is 9. The minimum absolute atomic E-state index is 0.333. The molecule has 2 aliphatic rings. The Kier molecular flexibility index (Phi) is 30.7. The first kappa shape index (κ1) is 91.1. The molecule has 0 bridgehead atoms. The summed E-state index contributed by atoms with van der Waals surface area (Å²) in [5.74, 6) is 8.91. The fourth-order valence-electron chi connectivity index (χ4n) is 15.7. The van der Waals surface area contributed by atoms with Crippen LogP contribution in [0, 0.1) is 0 Å². The molecule has 30 nitrogen and oxygen atoms in total. The molecule has 15 aromatic rings. The first-order valence-electron chi connectivity index (χ1n) is 43.9. The van der Waals surface area contributed by atoms with E-state index in [1.807, 2.05) is 171 Å². The number of nitrogens with one attached hydrogen (secondary N) is 11. The van der Waals surface area contributed by atoms with Gasteiger partial charge in [0.15, 0.2) is 0 Å². The molecule has 0 spiro atoms. The monoisotopic (exact) mass is 1810 g/mol. The van der Waals surface area contributed by atoms with E-state index in [1.54, 1.807) is 42.7 Å². The number of fused-ring (bicyclic) bond motifs is 6. The zero-order valence-corrected chi connectivity index (χ0v) is 76.9. The lowest BCUT2D eigenvalue weighted by molar-refractivity contribution is 0.395. The Bertz CT molecular complexity index is 6390. The van der Waals surface area contributed by atoms with Gasteiger partial charge in [0.25, 0.3) is 0 Å². The van der Waals surface area contributed by atoms with E-state index in [-0.39, 0.29) is 0 Å². The van der Waals surface area contributed by atoms with Crippen molar-refractivity contribution in [2.24, 2.45) is 0 Å². The number of aryl methyl sites for hydroxylation is 2. The molecule has 2 saturated carbocycles. The highest BCUT2D eigenvalue weighted by Gasteiger charge is 2.22. The SMILES string of the molecule is CCc1cc(Nc2nc(NCCCNc3c4ccc(Cl)cc4nc4ccc(OC)cc34)nc(NC3CCCCC3)n2)cc(OC)c1.CCc1ccc(Nc2nc(NCCNc3c4ccc(Cl)cc4nc4ccc(OC)cc34)nc(N(C)C)n2)cc1.COc1cc(Nc2nc(NCCNc3c4ccc(Cl)cc4nc4ccc(OC)cc34)nc(NC3CCCCC3)n2)cc(OC)c1. The van der Waals surface area contributed by atoms with E-state index >= 15 is 0 Å². The highest BCUT2D eigenvalue weighted by molar-refractivity contribution is 6.32. The van der Waals surface area contributed by atoms with Crippen molar-refractivity contribution in [3.63, 3.8) is 0 Å². The van der Waals surface area contributed by atoms with Crippen LogP contribution in [-0.2, 0) is 12.8 Å². The summed E-state index contributed by atoms with van der Waals surface area (Å²) < 4.78 is 32.9. The fraction of sp³-hybridized carbons (Fsp3) is 0.320. The maximum Gasteiger partial charge on any atom is 0.233 e. The van der Waals surface area contributed by atoms with E-state index in [0.717, 1.165) is 167 Å². The quantitative estimate of drug-likeness (QED) is 0.0130. The summed E-state index contributed by atoms with van der Waals surface area (Å²) in [6, 6.07) is 55.5. The van der Waals surface area contributed by atoms with E-state index in [0.29, 0.717) is 131 Å². The molecule has 9 aromatic carbocycles. The summed E-state index contributed by atoms with van der Waals surface area (Å²) in [5, 5.41) is 45.8. The minimum Gasteiger partial charge on any atom is -0.497 e. The van der Waals surface area contributed by atoms with Gasteiger partial charge in [0, 0.05) is 154 Å². The summed E-state index contributed by atoms with van der Waals surface area (Å²) in [5.41, 5.74) is 13.0. The maximum atomic E-state index is 6.30. The molecule has 130 heavy (non-hydrogen) atoms. The summed E-state index contributed by atoms with van der Waals surface area (Å²) in [6.07, 6.45) is 14.5. The Morgan fingerprint density at radius 2 is 0.638 bits per heavy atom. The van der Waals surface area contributed by atoms with Crippen molar-refractivity contribution in [2.75, 3.05) is 159 Å². The lowest BCUT2D eigenvalue weighted by Gasteiger charge is -2.23. The van der Waals surface area contributed by atoms with Gasteiger partial charge in [0.2, 0.25) is 53.5 Å². The van der Waals surface area contributed by atoms with Crippen molar-refractivity contribution in [1.29, 1.82) is 0 Å². The largest absolute Gasteiger partial charge is 0.497 e. The van der Waals surface area contributed by atoms with Crippen LogP contribution in [0.5, 0.6) is 34.5 Å². The minimum atomic E-state index is 0.333. The fourth-order valence-corrected chi connectivity index (χ4v) is 16.2. The molecule has 0 radical (unpaired) electrons. The molecule has 6 aromatic heterocycles. The van der Waals surface area contributed by atoms with Crippen LogP contribution in [0.25, 0.3) is 65.4 Å². The predicted molar refractivity (Wildman–Crippen MR) is 530 cm³/mol. The van der Waals surface area contributed by atoms with Gasteiger partial charge >= 0.3 is 0 Å². The molecule has 2 fully saturated rings. The normalized spacial score (nSPS) is 12.7. The van der Waals surface area contributed by atoms with E-state index < -0.39 is 0 Å². The van der Waals surface area contributed by atoms with Gasteiger partial charge in [-0.1, -0.05) is 99.3 Å². The van der Waals surface area contributed by atoms with Gasteiger partial charge in [0.1, 0.15) is 34.5 Å². The topological polar surface area (TPSA) is 346 Å². The smallest absolute Gasteiger partial charge is 0.233 e. The first-order valence-corrected chi connectivity index (χ1v) is 45.0. The second-order valence-corrected chi connectivity index (χ2v) is 33.0. The average molecular weight is 1810 g/mol. The molecule has 2 aliphatic carbocycles. The zero-order chi connectivity index (χ0) is 90.4. The number of hydrogen-bond donors (Lipinski definition) is 11. The Balaban J connectivity index is 0.000000150. The van der Waals surface area contributed by atoms with Crippen LogP contribution in [0.3, 0.4) is 0 Å². The number of pyridine rings is 3. The first-order chi connectivity index (χ1) is 63.4. The van der Waals surface area contributed by atoms with Crippen molar-refractivity contribution in [3.8, 4) is 34.5 Å². The Morgan fingerprint density at radius 3 is 1.05 bits per heavy atom. The molecule has 6 heterocycles. The maximum absolute atomic E-state index is 6.30. The molecule has 0 saturated heterocycles. The third-order valence-corrected chi connectivity index (χ3v) is 23.2. The highest BCUT2D eigenvalue weighted by Crippen LogP contribution is 2.40. The Labute approximate surface area is 770 Å². The van der Waals surface area contributed by atoms with E-state index in [2.05, 4.69) is 110 Å². The van der Waals surface area contributed by atoms with Gasteiger partial charge < -0.3 is 91.8 Å². The van der Waals surface area contributed by atoms with Crippen LogP contribution >= 0.6 is 34.8 Å². The second-order valence-electron chi connectivity index (χ2n) is 31.7. The summed E-state index contributed by atoms with van der Waals surface area (Å²) in [7, 11) is 13.7. The molecule has 0 aliphatic heterocycles. The average Bonchev–Trinajstić information content (AvgIpc) is 0.773. The summed E-state index contributed by atoms with van der Waals surface area (Å²) in [6.45, 7) is 7.95. The molecule has 17 rings (SSSR count). The van der Waals surface area contributed by atoms with E-state index in [9.17, 15) is 0 Å². The number of ether oxygens (including phenoxy) is 6. The van der Waals surface area contributed by atoms with E-state index in [4.69, 9.17) is 103 Å². The molecular weight excluding hydrogens is 1700 g/mol. The number of nitrogens with zero attached hydrogens (tertiary/aromatic N) is 13. The number of halogens is 3. The van der Waals surface area contributed by atoms with Crippen molar-refractivity contribution >= 4 is 188 Å². The molecule has 11 N–H and O–H groups in total. The number of aromatic nitrogens is 12. The predicted octanol–water partition coefficient (Wildman–Crippen LogP) is 21.6. The number of hydrogen-bond acceptors (Lipinski definition) is 30. The molecular formula is C97H109Cl3N24O6. The molecule has 0 atom stereocenters. The Morgan fingerprint density at radius 1 is 0.292 bits per heavy atom. The van der Waals surface area contributed by atoms with Gasteiger partial charge in [-0.2, -0.15) is 44.9 Å². The third kappa shape index (κ3) is 23.8. The zero-order valence-electron chi connectivity index (χ0n) is 74.7. The van der Waals surface area contributed by atoms with Crippen molar-refractivity contribution in [3.05, 3.63) is 196 Å². The summed E-state index contributed by atoms with van der Waals surface area (Å²) in [4.78, 5) is 58.3. The van der Waals surface area contributed by atoms with Crippen LogP contribution < -0.4 is 91.8 Å². The standard InChI is InChI=1S/C35H41ClN8O2.C33H37ClN8O3.C29H31ClN8O/c1-4-22-17-25(20-27(18-22)46-3)40-35-43-33(42-34(44-35)39-24-9-6-5-7-10-24)38-16-8-15-37-32-28-13-11-23(36)19-31(28)41-30-14-12-26(45-2)21-29(30)32;1-43-23-10-12-28-27(19-23)30(26-11-9-20(34)15-29(26)39-28)35-13-14-36-31-40-32(37-21-7-5-4-6-8-21)42-33(41-31)38-22-16-24(44-2)18-25(17-22)45-3;1-5-18-6-9-20(10-7-18)33-28-35-27(36-29(37-28)38(2)3)32-15-14-31-26-22-12-8-19(30)16-25(22)34-24-13-11-21(39-4)17-23(24)26/h11-14,17-21,24H,4-10,15-16H2,1-3H3,(H,37,41)(H3,38,39,40,42,43,44);9-12,15-19,21H,4-8,13-14H2,1-3H3,(H,35,39)(H3,36,37,38,40,41,42);6-13,16-17H,5,14-15H2,1-4H3,(H,31,34)(H2,32,33,35,36,37). The van der Waals surface area contributed by atoms with Crippen LogP contribution in [0.2, 0.25) is 15.1 Å². The van der Waals surface area contributed by atoms with Gasteiger partial charge in [-0.15, -0.1) is 0 Å². The second kappa shape index (κ2) is 43.9. The van der Waals surface area contributed by atoms with Crippen molar-refractivity contribution in [1.82, 2.24) is 59.8 Å². The van der Waals surface area contributed by atoms with Gasteiger partial charge in [-0.05, 0) is 190 Å². The molecule has 0 amide bonds. The molecule has 33 heteroatoms. The third-order valence-electron chi connectivity index (χ3n) is 22.5. The van der Waals surface area contributed by atoms with E-state index in [1.165, 1.54) is 49.7 Å². The van der Waals surface area contributed by atoms with Crippen LogP contribution in [0.1, 0.15) is 95.6 Å². The highest BCUT2D eigenvalue weighted by atomic mass is 35.5. The number of anilines is 15. The lowest BCUT2D eigenvalue weighted by Crippen LogP contribution is -2.24. The van der Waals surface area contributed by atoms with Gasteiger partial charge in [0.05, 0.1) is 92.8 Å². The van der Waals surface area contributed by atoms with Crippen LogP contribution in [0.15, 0.2) is 170 Å². The van der Waals surface area contributed by atoms with Crippen LogP contribution in [-0.4, -0.2) is 168 Å². The van der Waals surface area contributed by atoms with Crippen molar-refractivity contribution < 1.29 is 28.4 Å². The van der Waals surface area contributed by atoms with Crippen molar-refractivity contribution in [2.45, 2.75) is 109 Å². The lowest BCUT2D eigenvalue weighted by atomic mass is 9.96. The van der Waals surface area contributed by atoms with Crippen LogP contribution in [0.4, 0.5) is 87.7 Å². The number of rotatable bonds is 35. The van der Waals surface area contributed by atoms with Gasteiger partial charge in [-0.25, -0.2) is 15.0 Å².